The summed E-state index contributed by atoms with van der Waals surface area (Å²) in [6.07, 6.45) is -1.93. The Balaban J connectivity index is 1.75. The highest BCUT2D eigenvalue weighted by atomic mass is 19.4. The average molecular weight is 433 g/mol. The molecule has 0 aliphatic rings. The highest BCUT2D eigenvalue weighted by Crippen LogP contribution is 2.33. The van der Waals surface area contributed by atoms with Crippen molar-refractivity contribution in [3.63, 3.8) is 0 Å². The van der Waals surface area contributed by atoms with E-state index < -0.39 is 17.6 Å². The molecule has 31 heavy (non-hydrogen) atoms. The van der Waals surface area contributed by atoms with Crippen molar-refractivity contribution in [1.29, 1.82) is 0 Å². The maximum atomic E-state index is 13.2. The highest BCUT2D eigenvalue weighted by Gasteiger charge is 2.31. The smallest absolute Gasteiger partial charge is 0.416 e. The van der Waals surface area contributed by atoms with Crippen LogP contribution in [-0.2, 0) is 17.5 Å². The monoisotopic (exact) mass is 433 g/mol. The number of hydrogen-bond donors (Lipinski definition) is 1. The van der Waals surface area contributed by atoms with E-state index in [1.807, 2.05) is 36.1 Å². The average Bonchev–Trinajstić information content (AvgIpc) is 3.27. The summed E-state index contributed by atoms with van der Waals surface area (Å²) in [6, 6.07) is 10.5. The molecular weight excluding hydrogens is 411 g/mol. The van der Waals surface area contributed by atoms with Crippen LogP contribution in [0.3, 0.4) is 0 Å². The Bertz CT molecular complexity index is 1000. The molecule has 10 heteroatoms. The molecular formula is C21H22F3N5O2. The number of aromatic nitrogens is 3. The molecule has 0 radical (unpaired) electrons. The molecule has 1 aromatic heterocycles. The zero-order valence-electron chi connectivity index (χ0n) is 17.1. The molecule has 0 aliphatic carbocycles. The van der Waals surface area contributed by atoms with Crippen LogP contribution in [0.15, 0.2) is 55.1 Å². The fraction of sp³-hybridized carbons (Fsp3) is 0.286. The summed E-state index contributed by atoms with van der Waals surface area (Å²) in [6.45, 7) is 3.00. The van der Waals surface area contributed by atoms with Crippen molar-refractivity contribution in [3.05, 3.63) is 66.2 Å². The summed E-state index contributed by atoms with van der Waals surface area (Å²) in [7, 11) is 1.58. The first kappa shape index (κ1) is 22.3. The standard InChI is InChI=1S/C21H22F3N5O2/c1-3-28(11-15-4-7-17(31-2)8-5-15)12-20(30)27-18-10-16(21(22,23)24)6-9-19(18)29-14-25-13-26-29/h4-10,13-14H,3,11-12H2,1-2H3,(H,27,30). The van der Waals surface area contributed by atoms with E-state index in [0.29, 0.717) is 13.1 Å². The molecule has 2 aromatic carbocycles. The minimum absolute atomic E-state index is 0.00539. The summed E-state index contributed by atoms with van der Waals surface area (Å²) < 4.78 is 46.0. The number of ether oxygens (including phenoxy) is 1. The molecule has 0 spiro atoms. The van der Waals surface area contributed by atoms with E-state index in [-0.39, 0.29) is 17.9 Å². The number of nitrogens with zero attached hydrogens (tertiary/aromatic N) is 4. The lowest BCUT2D eigenvalue weighted by molar-refractivity contribution is -0.137. The lowest BCUT2D eigenvalue weighted by Crippen LogP contribution is -2.33. The number of nitrogens with one attached hydrogen (secondary N) is 1. The molecule has 164 valence electrons. The fourth-order valence-corrected chi connectivity index (χ4v) is 3.01. The number of methoxy groups -OCH3 is 1. The van der Waals surface area contributed by atoms with Crippen molar-refractivity contribution in [2.45, 2.75) is 19.6 Å². The Morgan fingerprint density at radius 1 is 1.19 bits per heavy atom. The van der Waals surface area contributed by atoms with Crippen molar-refractivity contribution >= 4 is 11.6 Å². The van der Waals surface area contributed by atoms with Crippen LogP contribution >= 0.6 is 0 Å². The van der Waals surface area contributed by atoms with Gasteiger partial charge in [-0.1, -0.05) is 19.1 Å². The second kappa shape index (κ2) is 9.61. The third-order valence-corrected chi connectivity index (χ3v) is 4.64. The maximum absolute atomic E-state index is 13.2. The van der Waals surface area contributed by atoms with Crippen LogP contribution in [0.5, 0.6) is 5.75 Å². The molecule has 0 unspecified atom stereocenters. The van der Waals surface area contributed by atoms with E-state index in [9.17, 15) is 18.0 Å². The molecule has 1 heterocycles. The van der Waals surface area contributed by atoms with Crippen LogP contribution in [-0.4, -0.2) is 45.8 Å². The third kappa shape index (κ3) is 5.82. The zero-order valence-corrected chi connectivity index (χ0v) is 17.1. The molecule has 0 atom stereocenters. The van der Waals surface area contributed by atoms with Crippen molar-refractivity contribution in [1.82, 2.24) is 19.7 Å². The van der Waals surface area contributed by atoms with Gasteiger partial charge in [-0.15, -0.1) is 0 Å². The summed E-state index contributed by atoms with van der Waals surface area (Å²) >= 11 is 0. The number of hydrogen-bond acceptors (Lipinski definition) is 5. The SMILES string of the molecule is CCN(CC(=O)Nc1cc(C(F)(F)F)ccc1-n1cncn1)Cc1ccc(OC)cc1. The van der Waals surface area contributed by atoms with E-state index in [1.165, 1.54) is 23.4 Å². The normalized spacial score (nSPS) is 11.5. The number of carbonyl (C=O) groups excluding carboxylic acids is 1. The second-order valence-corrected chi connectivity index (χ2v) is 6.77. The van der Waals surface area contributed by atoms with Crippen LogP contribution in [0.2, 0.25) is 0 Å². The van der Waals surface area contributed by atoms with Gasteiger partial charge in [0.05, 0.1) is 30.6 Å². The van der Waals surface area contributed by atoms with Crippen molar-refractivity contribution in [2.24, 2.45) is 0 Å². The van der Waals surface area contributed by atoms with Crippen LogP contribution in [0, 0.1) is 0 Å². The largest absolute Gasteiger partial charge is 0.497 e. The molecule has 3 aromatic rings. The molecule has 0 saturated heterocycles. The molecule has 3 rings (SSSR count). The highest BCUT2D eigenvalue weighted by molar-refractivity contribution is 5.94. The van der Waals surface area contributed by atoms with Gasteiger partial charge in [-0.05, 0) is 42.4 Å². The first-order chi connectivity index (χ1) is 14.8. The van der Waals surface area contributed by atoms with E-state index in [0.717, 1.165) is 23.4 Å². The van der Waals surface area contributed by atoms with Gasteiger partial charge in [-0.3, -0.25) is 9.69 Å². The molecule has 0 aliphatic heterocycles. The number of benzene rings is 2. The van der Waals surface area contributed by atoms with E-state index in [1.54, 1.807) is 7.11 Å². The predicted molar refractivity (Wildman–Crippen MR) is 109 cm³/mol. The molecule has 0 saturated carbocycles. The summed E-state index contributed by atoms with van der Waals surface area (Å²) in [5.41, 5.74) is 0.415. The van der Waals surface area contributed by atoms with Gasteiger partial charge in [0.15, 0.2) is 0 Å². The summed E-state index contributed by atoms with van der Waals surface area (Å²) in [5.74, 6) is 0.297. The van der Waals surface area contributed by atoms with E-state index in [2.05, 4.69) is 15.4 Å². The van der Waals surface area contributed by atoms with Gasteiger partial charge in [0.25, 0.3) is 0 Å². The van der Waals surface area contributed by atoms with Crippen LogP contribution < -0.4 is 10.1 Å². The Hall–Kier alpha value is -3.40. The number of likely N-dealkylation sites (N-methyl/N-ethyl adjacent to an activating group) is 1. The van der Waals surface area contributed by atoms with Crippen molar-refractivity contribution in [3.8, 4) is 11.4 Å². The Morgan fingerprint density at radius 3 is 2.52 bits per heavy atom. The number of anilines is 1. The molecule has 0 fully saturated rings. The zero-order chi connectivity index (χ0) is 22.4. The van der Waals surface area contributed by atoms with Gasteiger partial charge in [0.1, 0.15) is 18.4 Å². The van der Waals surface area contributed by atoms with Gasteiger partial charge in [-0.2, -0.15) is 18.3 Å². The van der Waals surface area contributed by atoms with Gasteiger partial charge >= 0.3 is 6.18 Å². The van der Waals surface area contributed by atoms with Crippen LogP contribution in [0.4, 0.5) is 18.9 Å². The molecule has 1 amide bonds. The lowest BCUT2D eigenvalue weighted by atomic mass is 10.1. The van der Waals surface area contributed by atoms with Gasteiger partial charge in [0.2, 0.25) is 5.91 Å². The van der Waals surface area contributed by atoms with Gasteiger partial charge < -0.3 is 10.1 Å². The van der Waals surface area contributed by atoms with Crippen LogP contribution in [0.25, 0.3) is 5.69 Å². The first-order valence-corrected chi connectivity index (χ1v) is 9.51. The Labute approximate surface area is 177 Å². The minimum Gasteiger partial charge on any atom is -0.497 e. The second-order valence-electron chi connectivity index (χ2n) is 6.77. The number of rotatable bonds is 8. The van der Waals surface area contributed by atoms with Crippen molar-refractivity contribution in [2.75, 3.05) is 25.5 Å². The topological polar surface area (TPSA) is 72.3 Å². The number of amides is 1. The fourth-order valence-electron chi connectivity index (χ4n) is 3.01. The van der Waals surface area contributed by atoms with E-state index >= 15 is 0 Å². The quantitative estimate of drug-likeness (QED) is 0.586. The van der Waals surface area contributed by atoms with Gasteiger partial charge in [0, 0.05) is 6.54 Å². The molecule has 7 nitrogen and oxygen atoms in total. The summed E-state index contributed by atoms with van der Waals surface area (Å²) in [5, 5.41) is 6.54. The van der Waals surface area contributed by atoms with Crippen molar-refractivity contribution < 1.29 is 22.7 Å². The Morgan fingerprint density at radius 2 is 1.94 bits per heavy atom. The first-order valence-electron chi connectivity index (χ1n) is 9.51. The van der Waals surface area contributed by atoms with Crippen LogP contribution in [0.1, 0.15) is 18.1 Å². The molecule has 1 N–H and O–H groups in total. The third-order valence-electron chi connectivity index (χ3n) is 4.64. The van der Waals surface area contributed by atoms with Gasteiger partial charge in [-0.25, -0.2) is 9.67 Å². The maximum Gasteiger partial charge on any atom is 0.416 e. The predicted octanol–water partition coefficient (Wildman–Crippen LogP) is 3.76. The summed E-state index contributed by atoms with van der Waals surface area (Å²) in [4.78, 5) is 18.3. The lowest BCUT2D eigenvalue weighted by Gasteiger charge is -2.21. The van der Waals surface area contributed by atoms with E-state index in [4.69, 9.17) is 4.74 Å². The minimum atomic E-state index is -4.54. The number of alkyl halides is 3. The number of carbonyl (C=O) groups is 1. The number of halogens is 3. The Kier molecular flexibility index (Phi) is 6.91. The molecule has 0 bridgehead atoms.